The highest BCUT2D eigenvalue weighted by atomic mass is 32.1. The van der Waals surface area contributed by atoms with Gasteiger partial charge in [-0.2, -0.15) is 5.10 Å². The van der Waals surface area contributed by atoms with Crippen LogP contribution < -0.4 is 11.1 Å². The number of para-hydroxylation sites is 1. The van der Waals surface area contributed by atoms with E-state index < -0.39 is 5.91 Å². The number of fused-ring (bicyclic) bond motifs is 1. The lowest BCUT2D eigenvalue weighted by Crippen LogP contribution is -2.39. The van der Waals surface area contributed by atoms with Gasteiger partial charge in [-0.25, -0.2) is 4.68 Å². The number of amides is 2. The third kappa shape index (κ3) is 4.01. The molecule has 0 saturated carbocycles. The lowest BCUT2D eigenvalue weighted by atomic mass is 10.1. The number of nitrogens with one attached hydrogen (secondary N) is 1. The minimum atomic E-state index is -0.473. The first-order valence-electron chi connectivity index (χ1n) is 9.98. The molecule has 2 amide bonds. The molecule has 0 aliphatic heterocycles. The highest BCUT2D eigenvalue weighted by Crippen LogP contribution is 2.38. The van der Waals surface area contributed by atoms with E-state index in [4.69, 9.17) is 5.73 Å². The maximum absolute atomic E-state index is 12.9. The zero-order chi connectivity index (χ0) is 21.3. The number of carbonyl (C=O) groups is 2. The number of carbonyl (C=O) groups excluding carboxylic acids is 2. The van der Waals surface area contributed by atoms with Gasteiger partial charge in [0.1, 0.15) is 5.00 Å². The Morgan fingerprint density at radius 1 is 1.30 bits per heavy atom. The predicted octanol–water partition coefficient (Wildman–Crippen LogP) is 2.98. The summed E-state index contributed by atoms with van der Waals surface area (Å²) in [4.78, 5) is 27.9. The van der Waals surface area contributed by atoms with Crippen LogP contribution in [-0.4, -0.2) is 39.6 Å². The van der Waals surface area contributed by atoms with Crippen LogP contribution in [0.5, 0.6) is 0 Å². The van der Waals surface area contributed by atoms with E-state index >= 15 is 0 Å². The summed E-state index contributed by atoms with van der Waals surface area (Å²) >= 11 is 1.47. The summed E-state index contributed by atoms with van der Waals surface area (Å²) in [6, 6.07) is 9.50. The maximum atomic E-state index is 12.9. The molecule has 0 unspecified atom stereocenters. The Balaban J connectivity index is 1.42. The minimum Gasteiger partial charge on any atom is -0.365 e. The van der Waals surface area contributed by atoms with Gasteiger partial charge in [0.05, 0.1) is 23.5 Å². The lowest BCUT2D eigenvalue weighted by molar-refractivity contribution is -0.120. The monoisotopic (exact) mass is 423 g/mol. The SMILES string of the molecule is C[C@H](C(=O)Nc1sc2c(c1C(N)=O)CCC2)N(C)Cc1cnn(-c2ccccc2)c1. The second kappa shape index (κ2) is 8.41. The Morgan fingerprint density at radius 3 is 2.80 bits per heavy atom. The Labute approximate surface area is 179 Å². The number of hydrogen-bond donors (Lipinski definition) is 2. The van der Waals surface area contributed by atoms with Crippen molar-refractivity contribution in [1.29, 1.82) is 0 Å². The van der Waals surface area contributed by atoms with Crippen molar-refractivity contribution in [3.63, 3.8) is 0 Å². The number of nitrogens with two attached hydrogens (primary N) is 1. The minimum absolute atomic E-state index is 0.157. The van der Waals surface area contributed by atoms with E-state index in [9.17, 15) is 9.59 Å². The molecule has 4 rings (SSSR count). The third-order valence-electron chi connectivity index (χ3n) is 5.53. The molecule has 30 heavy (non-hydrogen) atoms. The molecule has 0 fully saturated rings. The van der Waals surface area contributed by atoms with Gasteiger partial charge in [0, 0.05) is 23.2 Å². The van der Waals surface area contributed by atoms with Crippen LogP contribution >= 0.6 is 11.3 Å². The van der Waals surface area contributed by atoms with Crippen LogP contribution in [0.4, 0.5) is 5.00 Å². The molecule has 1 aliphatic carbocycles. The van der Waals surface area contributed by atoms with Crippen LogP contribution in [0, 0.1) is 0 Å². The van der Waals surface area contributed by atoms with E-state index in [2.05, 4.69) is 10.4 Å². The number of likely N-dealkylation sites (N-methyl/N-ethyl adjacent to an activating group) is 1. The van der Waals surface area contributed by atoms with Crippen molar-refractivity contribution in [3.8, 4) is 5.69 Å². The summed E-state index contributed by atoms with van der Waals surface area (Å²) in [7, 11) is 1.90. The molecule has 0 bridgehead atoms. The molecule has 3 N–H and O–H groups in total. The predicted molar refractivity (Wildman–Crippen MR) is 118 cm³/mol. The molecule has 1 aliphatic rings. The van der Waals surface area contributed by atoms with Gasteiger partial charge in [-0.15, -0.1) is 11.3 Å². The Hall–Kier alpha value is -2.97. The van der Waals surface area contributed by atoms with Gasteiger partial charge in [-0.1, -0.05) is 18.2 Å². The van der Waals surface area contributed by atoms with Gasteiger partial charge in [-0.3, -0.25) is 14.5 Å². The second-order valence-corrected chi connectivity index (χ2v) is 8.74. The van der Waals surface area contributed by atoms with Gasteiger partial charge in [0.2, 0.25) is 5.91 Å². The zero-order valence-electron chi connectivity index (χ0n) is 17.1. The summed E-state index contributed by atoms with van der Waals surface area (Å²) < 4.78 is 1.82. The van der Waals surface area contributed by atoms with Crippen LogP contribution in [0.2, 0.25) is 0 Å². The van der Waals surface area contributed by atoms with Gasteiger partial charge in [0.25, 0.3) is 5.91 Å². The molecule has 8 heteroatoms. The average molecular weight is 424 g/mol. The molecule has 0 saturated heterocycles. The Bertz CT molecular complexity index is 1070. The molecule has 2 heterocycles. The largest absolute Gasteiger partial charge is 0.365 e. The molecule has 0 radical (unpaired) electrons. The summed E-state index contributed by atoms with van der Waals surface area (Å²) in [6.45, 7) is 2.42. The summed E-state index contributed by atoms with van der Waals surface area (Å²) in [5.41, 5.74) is 9.09. The second-order valence-electron chi connectivity index (χ2n) is 7.63. The van der Waals surface area contributed by atoms with Crippen molar-refractivity contribution >= 4 is 28.2 Å². The van der Waals surface area contributed by atoms with Crippen LogP contribution in [0.15, 0.2) is 42.7 Å². The maximum Gasteiger partial charge on any atom is 0.251 e. The number of aromatic nitrogens is 2. The summed E-state index contributed by atoms with van der Waals surface area (Å²) in [6.07, 6.45) is 6.60. The molecular formula is C22H25N5O2S. The van der Waals surface area contributed by atoms with Crippen molar-refractivity contribution in [3.05, 3.63) is 64.3 Å². The van der Waals surface area contributed by atoms with E-state index in [0.29, 0.717) is 17.1 Å². The molecule has 1 aromatic carbocycles. The smallest absolute Gasteiger partial charge is 0.251 e. The van der Waals surface area contributed by atoms with Gasteiger partial charge >= 0.3 is 0 Å². The highest BCUT2D eigenvalue weighted by molar-refractivity contribution is 7.17. The molecule has 7 nitrogen and oxygen atoms in total. The molecule has 3 aromatic rings. The summed E-state index contributed by atoms with van der Waals surface area (Å²) in [5.74, 6) is -0.630. The standard InChI is InChI=1S/C22H25N5O2S/c1-14(21(29)25-22-19(20(23)28)17-9-6-10-18(17)30-22)26(2)12-15-11-24-27(13-15)16-7-4-3-5-8-16/h3-5,7-8,11,13-14H,6,9-10,12H2,1-2H3,(H2,23,28)(H,25,29)/t14-/m1/s1. The van der Waals surface area contributed by atoms with Crippen LogP contribution in [-0.2, 0) is 24.2 Å². The van der Waals surface area contributed by atoms with E-state index in [-0.39, 0.29) is 11.9 Å². The first-order chi connectivity index (χ1) is 14.4. The fourth-order valence-corrected chi connectivity index (χ4v) is 5.06. The number of nitrogens with zero attached hydrogens (tertiary/aromatic N) is 3. The molecule has 0 spiro atoms. The Morgan fingerprint density at radius 2 is 2.07 bits per heavy atom. The fraction of sp³-hybridized carbons (Fsp3) is 0.318. The highest BCUT2D eigenvalue weighted by Gasteiger charge is 2.28. The van der Waals surface area contributed by atoms with Crippen LogP contribution in [0.25, 0.3) is 5.69 Å². The number of benzene rings is 1. The quantitative estimate of drug-likeness (QED) is 0.611. The van der Waals surface area contributed by atoms with Gasteiger partial charge in [-0.05, 0) is 50.9 Å². The van der Waals surface area contributed by atoms with E-state index in [1.807, 2.05) is 66.3 Å². The topological polar surface area (TPSA) is 93.2 Å². The van der Waals surface area contributed by atoms with Crippen molar-refractivity contribution < 1.29 is 9.59 Å². The van der Waals surface area contributed by atoms with E-state index in [1.165, 1.54) is 11.3 Å². The number of thiophene rings is 1. The van der Waals surface area contributed by atoms with E-state index in [0.717, 1.165) is 41.0 Å². The molecule has 156 valence electrons. The number of primary amides is 1. The van der Waals surface area contributed by atoms with E-state index in [1.54, 1.807) is 0 Å². The van der Waals surface area contributed by atoms with Crippen molar-refractivity contribution in [2.75, 3.05) is 12.4 Å². The van der Waals surface area contributed by atoms with Crippen LogP contribution in [0.1, 0.15) is 39.7 Å². The Kier molecular flexibility index (Phi) is 5.69. The normalized spacial score (nSPS) is 14.0. The molecule has 1 atom stereocenters. The number of rotatable bonds is 7. The number of aryl methyl sites for hydroxylation is 1. The molecular weight excluding hydrogens is 398 g/mol. The number of anilines is 1. The van der Waals surface area contributed by atoms with Gasteiger partial charge < -0.3 is 11.1 Å². The zero-order valence-corrected chi connectivity index (χ0v) is 17.9. The first-order valence-corrected chi connectivity index (χ1v) is 10.8. The third-order valence-corrected chi connectivity index (χ3v) is 6.74. The van der Waals surface area contributed by atoms with Crippen molar-refractivity contribution in [1.82, 2.24) is 14.7 Å². The first kappa shape index (κ1) is 20.3. The fourth-order valence-electron chi connectivity index (χ4n) is 3.76. The molecule has 2 aromatic heterocycles. The van der Waals surface area contributed by atoms with Crippen molar-refractivity contribution in [2.45, 2.75) is 38.8 Å². The number of hydrogen-bond acceptors (Lipinski definition) is 5. The lowest BCUT2D eigenvalue weighted by Gasteiger charge is -2.23. The van der Waals surface area contributed by atoms with Gasteiger partial charge in [0.15, 0.2) is 0 Å². The average Bonchev–Trinajstić information content (AvgIpc) is 3.44. The summed E-state index contributed by atoms with van der Waals surface area (Å²) in [5, 5.41) is 7.92. The van der Waals surface area contributed by atoms with Crippen molar-refractivity contribution in [2.24, 2.45) is 5.73 Å². The van der Waals surface area contributed by atoms with Crippen LogP contribution in [0.3, 0.4) is 0 Å².